The van der Waals surface area contributed by atoms with Crippen LogP contribution in [0.25, 0.3) is 0 Å². The number of hydrogen-bond acceptors (Lipinski definition) is 5. The van der Waals surface area contributed by atoms with Crippen LogP contribution in [-0.4, -0.2) is 33.2 Å². The first-order valence-corrected chi connectivity index (χ1v) is 6.21. The van der Waals surface area contributed by atoms with Crippen molar-refractivity contribution in [2.45, 2.75) is 20.0 Å². The van der Waals surface area contributed by atoms with Crippen molar-refractivity contribution in [1.82, 2.24) is 19.5 Å². The summed E-state index contributed by atoms with van der Waals surface area (Å²) in [6, 6.07) is 1.93. The van der Waals surface area contributed by atoms with Crippen molar-refractivity contribution in [2.75, 3.05) is 19.0 Å². The van der Waals surface area contributed by atoms with Crippen LogP contribution in [-0.2, 0) is 24.8 Å². The van der Waals surface area contributed by atoms with Crippen molar-refractivity contribution in [3.63, 3.8) is 0 Å². The number of nitrogens with one attached hydrogen (secondary N) is 1. The summed E-state index contributed by atoms with van der Waals surface area (Å²) in [6.07, 6.45) is 4.59. The van der Waals surface area contributed by atoms with Crippen molar-refractivity contribution in [3.05, 3.63) is 35.8 Å². The molecule has 19 heavy (non-hydrogen) atoms. The predicted octanol–water partition coefficient (Wildman–Crippen LogP) is 1.32. The van der Waals surface area contributed by atoms with Gasteiger partial charge in [0.2, 0.25) is 0 Å². The van der Waals surface area contributed by atoms with Crippen LogP contribution >= 0.6 is 0 Å². The second kappa shape index (κ2) is 6.29. The Hall–Kier alpha value is -1.95. The highest BCUT2D eigenvalue weighted by Crippen LogP contribution is 2.07. The molecule has 0 spiro atoms. The minimum atomic E-state index is 0.429. The summed E-state index contributed by atoms with van der Waals surface area (Å²) < 4.78 is 7.07. The molecule has 0 unspecified atom stereocenters. The third-order valence-electron chi connectivity index (χ3n) is 2.78. The van der Waals surface area contributed by atoms with Crippen LogP contribution in [0.4, 0.5) is 5.82 Å². The zero-order valence-corrected chi connectivity index (χ0v) is 11.6. The fourth-order valence-corrected chi connectivity index (χ4v) is 1.86. The number of anilines is 1. The van der Waals surface area contributed by atoms with Crippen LogP contribution in [0, 0.1) is 6.92 Å². The second-order valence-corrected chi connectivity index (χ2v) is 4.42. The number of hydrogen-bond donors (Lipinski definition) is 1. The Morgan fingerprint density at radius 1 is 1.37 bits per heavy atom. The van der Waals surface area contributed by atoms with E-state index in [-0.39, 0.29) is 0 Å². The molecular formula is C13H19N5O. The predicted molar refractivity (Wildman–Crippen MR) is 72.9 cm³/mol. The first-order valence-electron chi connectivity index (χ1n) is 6.21. The fraction of sp³-hybridized carbons (Fsp3) is 0.462. The van der Waals surface area contributed by atoms with E-state index in [4.69, 9.17) is 4.74 Å². The summed E-state index contributed by atoms with van der Waals surface area (Å²) >= 11 is 0. The third kappa shape index (κ3) is 3.75. The van der Waals surface area contributed by atoms with Gasteiger partial charge in [-0.15, -0.1) is 0 Å². The van der Waals surface area contributed by atoms with Crippen LogP contribution in [0.3, 0.4) is 0 Å². The fourth-order valence-electron chi connectivity index (χ4n) is 1.86. The molecule has 0 aliphatic heterocycles. The second-order valence-electron chi connectivity index (χ2n) is 4.42. The van der Waals surface area contributed by atoms with Crippen LogP contribution < -0.4 is 5.32 Å². The van der Waals surface area contributed by atoms with Gasteiger partial charge in [0, 0.05) is 50.8 Å². The number of nitrogens with zero attached hydrogens (tertiary/aromatic N) is 4. The van der Waals surface area contributed by atoms with Gasteiger partial charge in [-0.3, -0.25) is 0 Å². The first kappa shape index (κ1) is 13.5. The first-order chi connectivity index (χ1) is 9.19. The zero-order valence-electron chi connectivity index (χ0n) is 11.6. The number of imidazole rings is 1. The smallest absolute Gasteiger partial charge is 0.156 e. The molecule has 2 aromatic heterocycles. The summed E-state index contributed by atoms with van der Waals surface area (Å²) in [7, 11) is 3.63. The molecule has 2 aromatic rings. The molecule has 102 valence electrons. The Morgan fingerprint density at radius 3 is 2.89 bits per heavy atom. The molecule has 0 atom stereocenters. The summed E-state index contributed by atoms with van der Waals surface area (Å²) in [5, 5.41) is 3.30. The van der Waals surface area contributed by atoms with Crippen molar-refractivity contribution < 1.29 is 4.74 Å². The van der Waals surface area contributed by atoms with Crippen LogP contribution in [0.1, 0.15) is 17.2 Å². The van der Waals surface area contributed by atoms with E-state index in [1.54, 1.807) is 13.4 Å². The summed E-state index contributed by atoms with van der Waals surface area (Å²) in [6.45, 7) is 3.19. The van der Waals surface area contributed by atoms with E-state index in [0.717, 1.165) is 24.5 Å². The highest BCUT2D eigenvalue weighted by atomic mass is 16.5. The maximum Gasteiger partial charge on any atom is 0.156 e. The molecule has 2 heterocycles. The quantitative estimate of drug-likeness (QED) is 0.849. The van der Waals surface area contributed by atoms with Crippen molar-refractivity contribution in [3.8, 4) is 0 Å². The molecule has 0 bridgehead atoms. The summed E-state index contributed by atoms with van der Waals surface area (Å²) in [5.41, 5.74) is 2.13. The minimum absolute atomic E-state index is 0.429. The lowest BCUT2D eigenvalue weighted by atomic mass is 10.3. The molecule has 0 aliphatic rings. The molecular weight excluding hydrogens is 242 g/mol. The topological polar surface area (TPSA) is 64.9 Å². The van der Waals surface area contributed by atoms with Crippen molar-refractivity contribution in [1.29, 1.82) is 0 Å². The average Bonchev–Trinajstić information content (AvgIpc) is 2.75. The number of methoxy groups -OCH3 is 1. The van der Waals surface area contributed by atoms with Crippen LogP contribution in [0.5, 0.6) is 0 Å². The van der Waals surface area contributed by atoms with Crippen molar-refractivity contribution in [2.24, 2.45) is 7.05 Å². The Labute approximate surface area is 112 Å². The number of aryl methyl sites for hydroxylation is 2. The van der Waals surface area contributed by atoms with Gasteiger partial charge in [0.1, 0.15) is 12.4 Å². The van der Waals surface area contributed by atoms with Gasteiger partial charge in [0.25, 0.3) is 0 Å². The van der Waals surface area contributed by atoms with Gasteiger partial charge >= 0.3 is 0 Å². The van der Waals surface area contributed by atoms with E-state index in [1.165, 1.54) is 5.69 Å². The van der Waals surface area contributed by atoms with Crippen LogP contribution in [0.2, 0.25) is 0 Å². The molecule has 0 radical (unpaired) electrons. The maximum atomic E-state index is 5.05. The van der Waals surface area contributed by atoms with Crippen molar-refractivity contribution >= 4 is 5.82 Å². The molecule has 1 N–H and O–H groups in total. The highest BCUT2D eigenvalue weighted by molar-refractivity contribution is 5.35. The molecule has 6 heteroatoms. The Bertz CT molecular complexity index is 538. The van der Waals surface area contributed by atoms with E-state index < -0.39 is 0 Å². The number of aromatic nitrogens is 4. The standard InChI is InChI=1S/C13H19N5O/c1-10-6-12(17-13(16-10)8-19-3)15-5-4-11-7-14-9-18(11)2/h6-7,9H,4-5,8H2,1-3H3,(H,15,16,17). The molecule has 0 saturated carbocycles. The summed E-state index contributed by atoms with van der Waals surface area (Å²) in [4.78, 5) is 12.8. The molecule has 0 fully saturated rings. The lowest BCUT2D eigenvalue weighted by molar-refractivity contribution is 0.177. The van der Waals surface area contributed by atoms with E-state index in [9.17, 15) is 0 Å². The Balaban J connectivity index is 1.94. The Morgan fingerprint density at radius 2 is 2.21 bits per heavy atom. The zero-order chi connectivity index (χ0) is 13.7. The van der Waals surface area contributed by atoms with Gasteiger partial charge in [-0.25, -0.2) is 15.0 Å². The molecule has 6 nitrogen and oxygen atoms in total. The lowest BCUT2D eigenvalue weighted by Crippen LogP contribution is -2.10. The average molecular weight is 261 g/mol. The van der Waals surface area contributed by atoms with Gasteiger partial charge < -0.3 is 14.6 Å². The molecule has 0 amide bonds. The lowest BCUT2D eigenvalue weighted by Gasteiger charge is -2.08. The molecule has 0 saturated heterocycles. The van der Waals surface area contributed by atoms with Gasteiger partial charge in [-0.05, 0) is 6.92 Å². The van der Waals surface area contributed by atoms with Gasteiger partial charge in [0.15, 0.2) is 5.82 Å². The largest absolute Gasteiger partial charge is 0.377 e. The van der Waals surface area contributed by atoms with E-state index in [0.29, 0.717) is 12.4 Å². The number of rotatable bonds is 6. The molecule has 2 rings (SSSR count). The van der Waals surface area contributed by atoms with E-state index >= 15 is 0 Å². The minimum Gasteiger partial charge on any atom is -0.377 e. The van der Waals surface area contributed by atoms with Crippen LogP contribution in [0.15, 0.2) is 18.6 Å². The van der Waals surface area contributed by atoms with E-state index in [2.05, 4.69) is 20.3 Å². The van der Waals surface area contributed by atoms with Gasteiger partial charge in [0.05, 0.1) is 6.33 Å². The Kier molecular flexibility index (Phi) is 4.46. The normalized spacial score (nSPS) is 10.7. The molecule has 0 aromatic carbocycles. The highest BCUT2D eigenvalue weighted by Gasteiger charge is 2.03. The van der Waals surface area contributed by atoms with Gasteiger partial charge in [-0.2, -0.15) is 0 Å². The van der Waals surface area contributed by atoms with Gasteiger partial charge in [-0.1, -0.05) is 0 Å². The molecule has 0 aliphatic carbocycles. The van der Waals surface area contributed by atoms with E-state index in [1.807, 2.05) is 30.8 Å². The number of ether oxygens (including phenoxy) is 1. The third-order valence-corrected chi connectivity index (χ3v) is 2.78. The SMILES string of the molecule is COCc1nc(C)cc(NCCc2cncn2C)n1. The maximum absolute atomic E-state index is 5.05. The monoisotopic (exact) mass is 261 g/mol. The summed E-state index contributed by atoms with van der Waals surface area (Å²) in [5.74, 6) is 1.53.